The summed E-state index contributed by atoms with van der Waals surface area (Å²) in [5, 5.41) is 3.40. The quantitative estimate of drug-likeness (QED) is 0.323. The maximum Gasteiger partial charge on any atom is 0.193 e. The van der Waals surface area contributed by atoms with Crippen molar-refractivity contribution >= 4 is 29.9 Å². The molecule has 4 nitrogen and oxygen atoms in total. The van der Waals surface area contributed by atoms with Crippen LogP contribution in [-0.2, 0) is 17.8 Å². The average Bonchev–Trinajstić information content (AvgIpc) is 3.18. The van der Waals surface area contributed by atoms with E-state index in [0.29, 0.717) is 19.1 Å². The predicted molar refractivity (Wildman–Crippen MR) is 127 cm³/mol. The third-order valence-corrected chi connectivity index (χ3v) is 4.96. The Morgan fingerprint density at radius 1 is 1.14 bits per heavy atom. The van der Waals surface area contributed by atoms with Gasteiger partial charge in [0.2, 0.25) is 0 Å². The molecule has 1 aliphatic rings. The molecule has 0 aliphatic carbocycles. The zero-order chi connectivity index (χ0) is 19.6. The second kappa shape index (κ2) is 12.8. The van der Waals surface area contributed by atoms with E-state index >= 15 is 0 Å². The van der Waals surface area contributed by atoms with Crippen LogP contribution in [0, 0.1) is 11.7 Å². The molecule has 2 aromatic carbocycles. The summed E-state index contributed by atoms with van der Waals surface area (Å²) >= 11 is 0. The van der Waals surface area contributed by atoms with Gasteiger partial charge in [0.15, 0.2) is 5.96 Å². The number of benzene rings is 2. The minimum Gasteiger partial charge on any atom is -0.376 e. The van der Waals surface area contributed by atoms with Gasteiger partial charge in [-0.3, -0.25) is 4.99 Å². The summed E-state index contributed by atoms with van der Waals surface area (Å²) in [5.74, 6) is 1.30. The van der Waals surface area contributed by atoms with E-state index in [2.05, 4.69) is 29.3 Å². The largest absolute Gasteiger partial charge is 0.376 e. The minimum absolute atomic E-state index is 0. The fourth-order valence-electron chi connectivity index (χ4n) is 3.45. The van der Waals surface area contributed by atoms with Crippen LogP contribution in [0.1, 0.15) is 24.5 Å². The Morgan fingerprint density at radius 3 is 2.62 bits per heavy atom. The summed E-state index contributed by atoms with van der Waals surface area (Å²) in [6.07, 6.45) is 1.93. The van der Waals surface area contributed by atoms with Crippen molar-refractivity contribution in [2.45, 2.75) is 26.4 Å². The smallest absolute Gasteiger partial charge is 0.193 e. The Bertz CT molecular complexity index is 740. The van der Waals surface area contributed by atoms with Crippen LogP contribution >= 0.6 is 24.0 Å². The zero-order valence-electron chi connectivity index (χ0n) is 17.0. The van der Waals surface area contributed by atoms with Crippen LogP contribution in [0.5, 0.6) is 0 Å². The van der Waals surface area contributed by atoms with Crippen molar-refractivity contribution in [2.24, 2.45) is 10.9 Å². The molecule has 1 fully saturated rings. The van der Waals surface area contributed by atoms with Gasteiger partial charge >= 0.3 is 0 Å². The van der Waals surface area contributed by atoms with Gasteiger partial charge in [0.1, 0.15) is 5.82 Å². The van der Waals surface area contributed by atoms with Gasteiger partial charge in [-0.05, 0) is 43.0 Å². The topological polar surface area (TPSA) is 36.9 Å². The zero-order valence-corrected chi connectivity index (χ0v) is 19.3. The highest BCUT2D eigenvalue weighted by Gasteiger charge is 2.24. The molecule has 0 amide bonds. The van der Waals surface area contributed by atoms with Gasteiger partial charge < -0.3 is 15.0 Å². The molecule has 0 aromatic heterocycles. The molecule has 0 saturated carbocycles. The second-order valence-corrected chi connectivity index (χ2v) is 7.21. The first kappa shape index (κ1) is 23.6. The average molecular weight is 511 g/mol. The molecule has 0 radical (unpaired) electrons. The molecule has 158 valence electrons. The fourth-order valence-corrected chi connectivity index (χ4v) is 3.45. The van der Waals surface area contributed by atoms with E-state index in [-0.39, 0.29) is 29.8 Å². The van der Waals surface area contributed by atoms with Crippen molar-refractivity contribution in [3.8, 4) is 0 Å². The maximum absolute atomic E-state index is 13.0. The minimum atomic E-state index is -0.196. The van der Waals surface area contributed by atoms with E-state index in [1.807, 2.05) is 30.3 Å². The molecule has 0 bridgehead atoms. The van der Waals surface area contributed by atoms with Crippen LogP contribution in [0.15, 0.2) is 59.6 Å². The second-order valence-electron chi connectivity index (χ2n) is 7.21. The third-order valence-electron chi connectivity index (χ3n) is 4.96. The number of rotatable bonds is 8. The lowest BCUT2D eigenvalue weighted by Gasteiger charge is -2.21. The van der Waals surface area contributed by atoms with Crippen LogP contribution in [0.3, 0.4) is 0 Å². The normalized spacial score (nSPS) is 16.6. The molecule has 1 aliphatic heterocycles. The lowest BCUT2D eigenvalue weighted by molar-refractivity contribution is 0.0907. The van der Waals surface area contributed by atoms with E-state index in [1.165, 1.54) is 17.7 Å². The number of hydrogen-bond acceptors (Lipinski definition) is 2. The third kappa shape index (κ3) is 7.93. The molecule has 0 spiro atoms. The van der Waals surface area contributed by atoms with Gasteiger partial charge in [0.05, 0.1) is 13.2 Å². The Kier molecular flexibility index (Phi) is 10.4. The number of ether oxygens (including phenoxy) is 1. The summed E-state index contributed by atoms with van der Waals surface area (Å²) in [5.41, 5.74) is 2.32. The van der Waals surface area contributed by atoms with Gasteiger partial charge in [-0.15, -0.1) is 24.0 Å². The molecule has 3 rings (SSSR count). The van der Waals surface area contributed by atoms with Crippen molar-refractivity contribution in [1.29, 1.82) is 0 Å². The molecule has 1 N–H and O–H groups in total. The standard InChI is InChI=1S/C23H30FN3O.HI/c1-2-25-23(26-14-12-19-8-10-22(24)11-9-19)27-15-13-21(16-27)18-28-17-20-6-4-3-5-7-20;/h3-11,21H,2,12-18H2,1H3,(H,25,26);1H. The molecule has 2 aromatic rings. The van der Waals surface area contributed by atoms with E-state index in [1.54, 1.807) is 0 Å². The number of halogens is 2. The summed E-state index contributed by atoms with van der Waals surface area (Å²) < 4.78 is 18.9. The number of aliphatic imine (C=N–C) groups is 1. The van der Waals surface area contributed by atoms with E-state index in [0.717, 1.165) is 50.6 Å². The molecule has 29 heavy (non-hydrogen) atoms. The maximum atomic E-state index is 13.0. The van der Waals surface area contributed by atoms with Gasteiger partial charge in [-0.1, -0.05) is 42.5 Å². The Hall–Kier alpha value is -1.67. The number of nitrogens with zero attached hydrogens (tertiary/aromatic N) is 2. The molecule has 6 heteroatoms. The highest BCUT2D eigenvalue weighted by atomic mass is 127. The number of nitrogens with one attached hydrogen (secondary N) is 1. The van der Waals surface area contributed by atoms with Crippen molar-refractivity contribution in [1.82, 2.24) is 10.2 Å². The Morgan fingerprint density at radius 2 is 1.90 bits per heavy atom. The Balaban J connectivity index is 0.00000300. The van der Waals surface area contributed by atoms with E-state index in [9.17, 15) is 4.39 Å². The first-order chi connectivity index (χ1) is 13.7. The summed E-state index contributed by atoms with van der Waals surface area (Å²) in [4.78, 5) is 7.10. The van der Waals surface area contributed by atoms with Gasteiger partial charge in [0, 0.05) is 32.1 Å². The highest BCUT2D eigenvalue weighted by Crippen LogP contribution is 2.17. The first-order valence-corrected chi connectivity index (χ1v) is 10.1. The van der Waals surface area contributed by atoms with Crippen molar-refractivity contribution in [2.75, 3.05) is 32.8 Å². The van der Waals surface area contributed by atoms with Crippen LogP contribution < -0.4 is 5.32 Å². The van der Waals surface area contributed by atoms with Crippen LogP contribution in [-0.4, -0.2) is 43.6 Å². The fraction of sp³-hybridized carbons (Fsp3) is 0.435. The van der Waals surface area contributed by atoms with Crippen LogP contribution in [0.4, 0.5) is 4.39 Å². The lowest BCUT2D eigenvalue weighted by atomic mass is 10.1. The van der Waals surface area contributed by atoms with E-state index in [4.69, 9.17) is 9.73 Å². The van der Waals surface area contributed by atoms with Crippen LogP contribution in [0.2, 0.25) is 0 Å². The molecule has 1 saturated heterocycles. The van der Waals surface area contributed by atoms with Crippen molar-refractivity contribution < 1.29 is 9.13 Å². The summed E-state index contributed by atoms with van der Waals surface area (Å²) in [6.45, 7) is 7.05. The van der Waals surface area contributed by atoms with Gasteiger partial charge in [0.25, 0.3) is 0 Å². The molecule has 1 heterocycles. The Labute approximate surface area is 190 Å². The number of likely N-dealkylation sites (tertiary alicyclic amines) is 1. The monoisotopic (exact) mass is 511 g/mol. The molecular formula is C23H31FIN3O. The molecular weight excluding hydrogens is 480 g/mol. The van der Waals surface area contributed by atoms with Crippen LogP contribution in [0.25, 0.3) is 0 Å². The predicted octanol–water partition coefficient (Wildman–Crippen LogP) is 4.49. The summed E-state index contributed by atoms with van der Waals surface area (Å²) in [6, 6.07) is 17.0. The molecule has 1 unspecified atom stereocenters. The summed E-state index contributed by atoms with van der Waals surface area (Å²) in [7, 11) is 0. The number of guanidine groups is 1. The molecule has 1 atom stereocenters. The van der Waals surface area contributed by atoms with E-state index < -0.39 is 0 Å². The van der Waals surface area contributed by atoms with Crippen molar-refractivity contribution in [3.63, 3.8) is 0 Å². The van der Waals surface area contributed by atoms with Gasteiger partial charge in [-0.25, -0.2) is 4.39 Å². The first-order valence-electron chi connectivity index (χ1n) is 10.1. The SMILES string of the molecule is CCNC(=NCCc1ccc(F)cc1)N1CCC(COCc2ccccc2)C1.I. The lowest BCUT2D eigenvalue weighted by Crippen LogP contribution is -2.40. The van der Waals surface area contributed by atoms with Crippen molar-refractivity contribution in [3.05, 3.63) is 71.5 Å². The van der Waals surface area contributed by atoms with Gasteiger partial charge in [-0.2, -0.15) is 0 Å². The highest BCUT2D eigenvalue weighted by molar-refractivity contribution is 14.0. The number of hydrogen-bond donors (Lipinski definition) is 1.